The summed E-state index contributed by atoms with van der Waals surface area (Å²) in [5, 5.41) is 0. The largest absolute Gasteiger partial charge is 0.414 e. The standard InChI is InChI=1S/C12H16N2O/c1-2-9-3-4-10-5-6-14(12(13)15)8-11(10)7-9/h3-4,7H,2,5-6,8H2,1H3,(H2,13,15)/p+1. The summed E-state index contributed by atoms with van der Waals surface area (Å²) in [6.07, 6.45) is 2.01. The Labute approximate surface area is 89.9 Å². The first-order chi connectivity index (χ1) is 7.20. The number of rotatable bonds is 1. The van der Waals surface area contributed by atoms with Crippen molar-refractivity contribution in [1.82, 2.24) is 4.90 Å². The second-order valence-electron chi connectivity index (χ2n) is 4.02. The van der Waals surface area contributed by atoms with E-state index < -0.39 is 0 Å². The molecule has 3 N–H and O–H groups in total. The molecule has 1 heterocycles. The third kappa shape index (κ3) is 2.02. The van der Waals surface area contributed by atoms with Crippen molar-refractivity contribution in [3.8, 4) is 0 Å². The smallest absolute Gasteiger partial charge is 0.288 e. The van der Waals surface area contributed by atoms with Crippen LogP contribution in [0, 0.1) is 0 Å². The lowest BCUT2D eigenvalue weighted by Gasteiger charge is -2.25. The molecule has 0 spiro atoms. The van der Waals surface area contributed by atoms with E-state index in [0.29, 0.717) is 0 Å². The molecule has 0 aliphatic carbocycles. The van der Waals surface area contributed by atoms with Crippen molar-refractivity contribution in [1.29, 1.82) is 0 Å². The van der Waals surface area contributed by atoms with Gasteiger partial charge in [0.25, 0.3) is 0 Å². The van der Waals surface area contributed by atoms with Crippen molar-refractivity contribution in [3.05, 3.63) is 34.9 Å². The Morgan fingerprint density at radius 1 is 1.47 bits per heavy atom. The minimum Gasteiger partial charge on any atom is -0.288 e. The normalized spacial score (nSPS) is 14.9. The van der Waals surface area contributed by atoms with Gasteiger partial charge in [-0.25, -0.2) is 4.79 Å². The summed E-state index contributed by atoms with van der Waals surface area (Å²) in [5.41, 5.74) is 7.47. The Hall–Kier alpha value is -1.35. The van der Waals surface area contributed by atoms with Gasteiger partial charge < -0.3 is 0 Å². The van der Waals surface area contributed by atoms with Crippen LogP contribution >= 0.6 is 0 Å². The number of aryl methyl sites for hydroxylation is 1. The van der Waals surface area contributed by atoms with Crippen molar-refractivity contribution in [3.63, 3.8) is 0 Å². The first-order valence-corrected chi connectivity index (χ1v) is 5.42. The quantitative estimate of drug-likeness (QED) is 0.729. The van der Waals surface area contributed by atoms with Gasteiger partial charge in [0.1, 0.15) is 0 Å². The van der Waals surface area contributed by atoms with Gasteiger partial charge in [-0.05, 0) is 29.5 Å². The predicted octanol–water partition coefficient (Wildman–Crippen LogP) is 0.969. The molecule has 15 heavy (non-hydrogen) atoms. The van der Waals surface area contributed by atoms with Crippen LogP contribution in [0.25, 0.3) is 0 Å². The number of carbonyl (C=O) groups excluding carboxylic acids is 1. The maximum atomic E-state index is 11.2. The van der Waals surface area contributed by atoms with Gasteiger partial charge in [-0.3, -0.25) is 10.6 Å². The Balaban J connectivity index is 2.27. The van der Waals surface area contributed by atoms with E-state index in [-0.39, 0.29) is 6.03 Å². The van der Waals surface area contributed by atoms with Crippen molar-refractivity contribution in [2.75, 3.05) is 6.54 Å². The van der Waals surface area contributed by atoms with Gasteiger partial charge in [0.15, 0.2) is 0 Å². The zero-order chi connectivity index (χ0) is 10.8. The summed E-state index contributed by atoms with van der Waals surface area (Å²) in [5.74, 6) is 0. The fourth-order valence-corrected chi connectivity index (χ4v) is 2.04. The highest BCUT2D eigenvalue weighted by atomic mass is 16.2. The van der Waals surface area contributed by atoms with E-state index in [2.05, 4.69) is 30.9 Å². The molecule has 0 radical (unpaired) electrons. The van der Waals surface area contributed by atoms with Crippen molar-refractivity contribution >= 4 is 6.03 Å². The van der Waals surface area contributed by atoms with Crippen LogP contribution < -0.4 is 5.73 Å². The van der Waals surface area contributed by atoms with E-state index >= 15 is 0 Å². The number of urea groups is 1. The van der Waals surface area contributed by atoms with Crippen LogP contribution in [0.15, 0.2) is 18.2 Å². The molecule has 1 aliphatic rings. The molecule has 0 aromatic heterocycles. The monoisotopic (exact) mass is 205 g/mol. The number of quaternary nitrogens is 1. The lowest BCUT2D eigenvalue weighted by Crippen LogP contribution is -2.64. The number of fused-ring (bicyclic) bond motifs is 1. The summed E-state index contributed by atoms with van der Waals surface area (Å²) in [6, 6.07) is 6.52. The van der Waals surface area contributed by atoms with Crippen molar-refractivity contribution < 1.29 is 10.5 Å². The molecule has 0 fully saturated rings. The minimum absolute atomic E-state index is 0.0671. The maximum absolute atomic E-state index is 11.2. The Morgan fingerprint density at radius 3 is 2.93 bits per heavy atom. The molecule has 0 bridgehead atoms. The van der Waals surface area contributed by atoms with Gasteiger partial charge in [-0.15, -0.1) is 0 Å². The average Bonchev–Trinajstić information content (AvgIpc) is 2.27. The van der Waals surface area contributed by atoms with Gasteiger partial charge in [-0.2, -0.15) is 0 Å². The van der Waals surface area contributed by atoms with E-state index in [1.165, 1.54) is 16.7 Å². The molecule has 0 saturated carbocycles. The van der Waals surface area contributed by atoms with Gasteiger partial charge in [0, 0.05) is 6.54 Å². The van der Waals surface area contributed by atoms with E-state index in [4.69, 9.17) is 0 Å². The lowest BCUT2D eigenvalue weighted by atomic mass is 9.97. The maximum Gasteiger partial charge on any atom is 0.414 e. The highest BCUT2D eigenvalue weighted by Crippen LogP contribution is 2.20. The molecule has 2 rings (SSSR count). The van der Waals surface area contributed by atoms with Crippen LogP contribution in [0.3, 0.4) is 0 Å². The molecular formula is C12H17N2O+. The van der Waals surface area contributed by atoms with Crippen LogP contribution in [0.5, 0.6) is 0 Å². The van der Waals surface area contributed by atoms with Gasteiger partial charge in [0.2, 0.25) is 0 Å². The number of hydrogen-bond acceptors (Lipinski definition) is 1. The number of carbonyl (C=O) groups is 1. The molecule has 1 aromatic rings. The van der Waals surface area contributed by atoms with E-state index in [1.807, 2.05) is 4.90 Å². The first-order valence-electron chi connectivity index (χ1n) is 5.42. The minimum atomic E-state index is -0.0671. The van der Waals surface area contributed by atoms with Crippen LogP contribution in [-0.2, 0) is 19.4 Å². The highest BCUT2D eigenvalue weighted by Gasteiger charge is 2.20. The second kappa shape index (κ2) is 4.03. The molecule has 1 aromatic carbocycles. The first kappa shape index (κ1) is 10.2. The predicted molar refractivity (Wildman–Crippen MR) is 58.2 cm³/mol. The summed E-state index contributed by atoms with van der Waals surface area (Å²) < 4.78 is 0. The molecular weight excluding hydrogens is 188 g/mol. The van der Waals surface area contributed by atoms with E-state index in [0.717, 1.165) is 25.9 Å². The zero-order valence-corrected chi connectivity index (χ0v) is 9.12. The molecule has 0 saturated heterocycles. The lowest BCUT2D eigenvalue weighted by molar-refractivity contribution is -0.266. The van der Waals surface area contributed by atoms with E-state index in [9.17, 15) is 4.79 Å². The zero-order valence-electron chi connectivity index (χ0n) is 9.12. The molecule has 80 valence electrons. The number of benzene rings is 1. The summed E-state index contributed by atoms with van der Waals surface area (Å²) in [6.45, 7) is 3.68. The van der Waals surface area contributed by atoms with Gasteiger partial charge in [0.05, 0.1) is 6.54 Å². The molecule has 1 aliphatic heterocycles. The summed E-state index contributed by atoms with van der Waals surface area (Å²) in [4.78, 5) is 13.0. The molecule has 3 heteroatoms. The Morgan fingerprint density at radius 2 is 2.27 bits per heavy atom. The van der Waals surface area contributed by atoms with Crippen LogP contribution in [-0.4, -0.2) is 17.5 Å². The number of amides is 2. The van der Waals surface area contributed by atoms with Crippen LogP contribution in [0.4, 0.5) is 4.79 Å². The molecule has 0 atom stereocenters. The fraction of sp³-hybridized carbons (Fsp3) is 0.417. The Kier molecular flexibility index (Phi) is 2.73. The van der Waals surface area contributed by atoms with Gasteiger partial charge in [-0.1, -0.05) is 25.1 Å². The highest BCUT2D eigenvalue weighted by molar-refractivity contribution is 5.63. The molecule has 0 unspecified atom stereocenters. The SMILES string of the molecule is CCc1ccc2c(c1)CN(C([NH3+])=O)CC2. The fourth-order valence-electron chi connectivity index (χ4n) is 2.04. The van der Waals surface area contributed by atoms with Gasteiger partial charge >= 0.3 is 6.03 Å². The summed E-state index contributed by atoms with van der Waals surface area (Å²) >= 11 is 0. The number of nitrogens with zero attached hydrogens (tertiary/aromatic N) is 1. The van der Waals surface area contributed by atoms with Crippen LogP contribution in [0.2, 0.25) is 0 Å². The molecule has 3 nitrogen and oxygen atoms in total. The average molecular weight is 205 g/mol. The summed E-state index contributed by atoms with van der Waals surface area (Å²) in [7, 11) is 0. The topological polar surface area (TPSA) is 48.0 Å². The third-order valence-electron chi connectivity index (χ3n) is 3.04. The van der Waals surface area contributed by atoms with Crippen LogP contribution in [0.1, 0.15) is 23.6 Å². The second-order valence-corrected chi connectivity index (χ2v) is 4.02. The van der Waals surface area contributed by atoms with E-state index in [1.54, 1.807) is 0 Å². The number of hydrogen-bond donors (Lipinski definition) is 1. The Bertz CT molecular complexity index is 387. The third-order valence-corrected chi connectivity index (χ3v) is 3.04. The van der Waals surface area contributed by atoms with Crippen molar-refractivity contribution in [2.24, 2.45) is 0 Å². The molecule has 2 amide bonds. The van der Waals surface area contributed by atoms with Crippen molar-refractivity contribution in [2.45, 2.75) is 26.3 Å².